The highest BCUT2D eigenvalue weighted by atomic mass is 19.3. The molecule has 0 aliphatic carbocycles. The maximum absolute atomic E-state index is 12.5. The number of ether oxygens (including phenoxy) is 2. The zero-order valence-electron chi connectivity index (χ0n) is 15.5. The first kappa shape index (κ1) is 19.7. The summed E-state index contributed by atoms with van der Waals surface area (Å²) in [5, 5.41) is 9.14. The van der Waals surface area contributed by atoms with Crippen molar-refractivity contribution in [2.45, 2.75) is 26.1 Å². The monoisotopic (exact) mass is 386 g/mol. The van der Waals surface area contributed by atoms with E-state index in [9.17, 15) is 8.78 Å². The van der Waals surface area contributed by atoms with Crippen LogP contribution in [0.3, 0.4) is 0 Å². The summed E-state index contributed by atoms with van der Waals surface area (Å²) in [6.45, 7) is -1.00. The Hall–Kier alpha value is -3.06. The van der Waals surface area contributed by atoms with E-state index in [1.807, 2.05) is 31.2 Å². The van der Waals surface area contributed by atoms with Crippen LogP contribution in [-0.2, 0) is 6.61 Å². The number of benzene rings is 1. The van der Waals surface area contributed by atoms with E-state index < -0.39 is 6.61 Å². The molecule has 7 heteroatoms. The molecule has 146 valence electrons. The first-order chi connectivity index (χ1) is 13.5. The molecule has 0 saturated heterocycles. The molecular weight excluding hydrogens is 366 g/mol. The van der Waals surface area contributed by atoms with Crippen molar-refractivity contribution in [2.24, 2.45) is 0 Å². The Kier molecular flexibility index (Phi) is 6.16. The Morgan fingerprint density at radius 2 is 1.82 bits per heavy atom. The number of aliphatic hydroxyl groups excluding tert-OH is 1. The number of hydrogen-bond donors (Lipinski definition) is 1. The fourth-order valence-electron chi connectivity index (χ4n) is 2.93. The van der Waals surface area contributed by atoms with Gasteiger partial charge in [-0.25, -0.2) is 4.98 Å². The summed E-state index contributed by atoms with van der Waals surface area (Å²) in [6.07, 6.45) is 3.15. The normalized spacial score (nSPS) is 12.1. The van der Waals surface area contributed by atoms with Crippen LogP contribution in [0.4, 0.5) is 8.78 Å². The van der Waals surface area contributed by atoms with E-state index in [1.165, 1.54) is 12.3 Å². The Bertz CT molecular complexity index is 933. The van der Waals surface area contributed by atoms with Crippen LogP contribution in [0.15, 0.2) is 54.9 Å². The molecule has 0 aliphatic rings. The van der Waals surface area contributed by atoms with E-state index in [1.54, 1.807) is 25.4 Å². The Balaban J connectivity index is 1.98. The van der Waals surface area contributed by atoms with Crippen LogP contribution in [0.2, 0.25) is 0 Å². The fraction of sp³-hybridized carbons (Fsp3) is 0.238. The van der Waals surface area contributed by atoms with Gasteiger partial charge in [0.05, 0.1) is 19.4 Å². The molecule has 1 N–H and O–H groups in total. The van der Waals surface area contributed by atoms with Gasteiger partial charge in [0.2, 0.25) is 5.88 Å². The summed E-state index contributed by atoms with van der Waals surface area (Å²) in [5.41, 5.74) is 4.00. The molecule has 0 bridgehead atoms. The highest BCUT2D eigenvalue weighted by molar-refractivity contribution is 5.72. The first-order valence-electron chi connectivity index (χ1n) is 8.66. The smallest absolute Gasteiger partial charge is 0.388 e. The van der Waals surface area contributed by atoms with Crippen molar-refractivity contribution < 1.29 is 23.4 Å². The van der Waals surface area contributed by atoms with Crippen LogP contribution in [0.25, 0.3) is 11.1 Å². The van der Waals surface area contributed by atoms with E-state index in [0.29, 0.717) is 17.0 Å². The van der Waals surface area contributed by atoms with Crippen LogP contribution in [-0.4, -0.2) is 28.8 Å². The van der Waals surface area contributed by atoms with Crippen LogP contribution in [0.1, 0.15) is 29.7 Å². The molecule has 28 heavy (non-hydrogen) atoms. The van der Waals surface area contributed by atoms with E-state index in [0.717, 1.165) is 16.7 Å². The second-order valence-corrected chi connectivity index (χ2v) is 6.18. The van der Waals surface area contributed by atoms with Crippen LogP contribution in [0, 0.1) is 0 Å². The molecule has 0 amide bonds. The maximum atomic E-state index is 12.5. The highest BCUT2D eigenvalue weighted by Gasteiger charge is 2.15. The number of methoxy groups -OCH3 is 1. The predicted octanol–water partition coefficient (Wildman–Crippen LogP) is 4.40. The van der Waals surface area contributed by atoms with Crippen LogP contribution >= 0.6 is 0 Å². The van der Waals surface area contributed by atoms with Gasteiger partial charge in [-0.15, -0.1) is 0 Å². The van der Waals surface area contributed by atoms with Crippen molar-refractivity contribution in [1.82, 2.24) is 9.97 Å². The summed E-state index contributed by atoms with van der Waals surface area (Å²) in [6, 6.07) is 12.6. The second-order valence-electron chi connectivity index (χ2n) is 6.18. The highest BCUT2D eigenvalue weighted by Crippen LogP contribution is 2.35. The van der Waals surface area contributed by atoms with Gasteiger partial charge in [-0.05, 0) is 41.0 Å². The summed E-state index contributed by atoms with van der Waals surface area (Å²) in [7, 11) is 1.55. The lowest BCUT2D eigenvalue weighted by atomic mass is 9.91. The average Bonchev–Trinajstić information content (AvgIpc) is 2.72. The summed E-state index contributed by atoms with van der Waals surface area (Å²) in [5.74, 6) is 0.485. The first-order valence-corrected chi connectivity index (χ1v) is 8.66. The molecule has 0 radical (unpaired) electrons. The Morgan fingerprint density at radius 1 is 1.04 bits per heavy atom. The van der Waals surface area contributed by atoms with Crippen molar-refractivity contribution in [3.05, 3.63) is 71.7 Å². The number of aliphatic hydroxyl groups is 1. The maximum Gasteiger partial charge on any atom is 0.388 e. The lowest BCUT2D eigenvalue weighted by molar-refractivity contribution is -0.0528. The number of alkyl halides is 2. The summed E-state index contributed by atoms with van der Waals surface area (Å²) < 4.78 is 34.9. The Labute approximate surface area is 161 Å². The molecule has 2 heterocycles. The third kappa shape index (κ3) is 4.43. The minimum atomic E-state index is -2.94. The van der Waals surface area contributed by atoms with E-state index in [4.69, 9.17) is 9.84 Å². The molecule has 3 rings (SSSR count). The van der Waals surface area contributed by atoms with Crippen molar-refractivity contribution in [2.75, 3.05) is 7.11 Å². The molecule has 5 nitrogen and oxygen atoms in total. The van der Waals surface area contributed by atoms with Gasteiger partial charge in [0, 0.05) is 29.9 Å². The van der Waals surface area contributed by atoms with E-state index >= 15 is 0 Å². The van der Waals surface area contributed by atoms with Gasteiger partial charge < -0.3 is 14.6 Å². The molecule has 3 aromatic rings. The number of nitrogens with zero attached hydrogens (tertiary/aromatic N) is 2. The number of pyridine rings is 2. The standard InChI is InChI=1S/C21H20F2N2O3/c1-13(16-3-5-17(12-26)25-11-16)14-4-6-19(27-2)18(9-14)15-7-8-24-20(10-15)28-21(22)23/h3-11,13,21,26H,12H2,1-2H3. The van der Waals surface area contributed by atoms with E-state index in [-0.39, 0.29) is 18.4 Å². The minimum Gasteiger partial charge on any atom is -0.496 e. The van der Waals surface area contributed by atoms with Crippen LogP contribution < -0.4 is 9.47 Å². The zero-order chi connectivity index (χ0) is 20.1. The van der Waals surface area contributed by atoms with Gasteiger partial charge in [-0.3, -0.25) is 4.98 Å². The lowest BCUT2D eigenvalue weighted by Crippen LogP contribution is -2.03. The number of hydrogen-bond acceptors (Lipinski definition) is 5. The van der Waals surface area contributed by atoms with Gasteiger partial charge in [0.1, 0.15) is 5.75 Å². The van der Waals surface area contributed by atoms with Crippen LogP contribution in [0.5, 0.6) is 11.6 Å². The third-order valence-corrected chi connectivity index (χ3v) is 4.49. The summed E-state index contributed by atoms with van der Waals surface area (Å²) in [4.78, 5) is 8.04. The second kappa shape index (κ2) is 8.75. The average molecular weight is 386 g/mol. The minimum absolute atomic E-state index is 0.0310. The lowest BCUT2D eigenvalue weighted by Gasteiger charge is -2.16. The van der Waals surface area contributed by atoms with Gasteiger partial charge in [-0.2, -0.15) is 8.78 Å². The molecule has 0 saturated carbocycles. The van der Waals surface area contributed by atoms with Gasteiger partial charge >= 0.3 is 6.61 Å². The van der Waals surface area contributed by atoms with Gasteiger partial charge in [0.15, 0.2) is 0 Å². The van der Waals surface area contributed by atoms with Crippen molar-refractivity contribution in [3.8, 4) is 22.8 Å². The molecular formula is C21H20F2N2O3. The third-order valence-electron chi connectivity index (χ3n) is 4.49. The van der Waals surface area contributed by atoms with Gasteiger partial charge in [-0.1, -0.05) is 19.1 Å². The number of aromatic nitrogens is 2. The predicted molar refractivity (Wildman–Crippen MR) is 101 cm³/mol. The molecule has 0 spiro atoms. The largest absolute Gasteiger partial charge is 0.496 e. The molecule has 0 fully saturated rings. The number of rotatable bonds is 7. The van der Waals surface area contributed by atoms with Crippen molar-refractivity contribution in [3.63, 3.8) is 0 Å². The van der Waals surface area contributed by atoms with Crippen molar-refractivity contribution in [1.29, 1.82) is 0 Å². The molecule has 1 aromatic carbocycles. The molecule has 0 aliphatic heterocycles. The zero-order valence-corrected chi connectivity index (χ0v) is 15.5. The quantitative estimate of drug-likeness (QED) is 0.652. The molecule has 2 aromatic heterocycles. The molecule has 1 atom stereocenters. The van der Waals surface area contributed by atoms with Crippen molar-refractivity contribution >= 4 is 0 Å². The SMILES string of the molecule is COc1ccc(C(C)c2ccc(CO)nc2)cc1-c1ccnc(OC(F)F)c1. The van der Waals surface area contributed by atoms with E-state index in [2.05, 4.69) is 14.7 Å². The molecule has 1 unspecified atom stereocenters. The Morgan fingerprint density at radius 3 is 2.46 bits per heavy atom. The fourth-order valence-corrected chi connectivity index (χ4v) is 2.93. The number of halogens is 2. The topological polar surface area (TPSA) is 64.5 Å². The van der Waals surface area contributed by atoms with Gasteiger partial charge in [0.25, 0.3) is 0 Å². The summed E-state index contributed by atoms with van der Waals surface area (Å²) >= 11 is 0.